The van der Waals surface area contributed by atoms with E-state index < -0.39 is 12.5 Å². The van der Waals surface area contributed by atoms with Crippen molar-refractivity contribution in [1.82, 2.24) is 0 Å². The second-order valence-electron chi connectivity index (χ2n) is 4.29. The molecule has 0 N–H and O–H groups in total. The summed E-state index contributed by atoms with van der Waals surface area (Å²) >= 11 is 3.30. The van der Waals surface area contributed by atoms with Crippen molar-refractivity contribution in [2.45, 2.75) is 12.8 Å². The molecule has 0 aromatic heterocycles. The Labute approximate surface area is 119 Å². The molecule has 0 atom stereocenters. The molecule has 2 aromatic carbocycles. The number of ether oxygens (including phenoxy) is 1. The molecule has 0 aliphatic heterocycles. The Morgan fingerprint density at radius 2 is 1.79 bits per heavy atom. The maximum absolute atomic E-state index is 13.9. The third kappa shape index (κ3) is 3.53. The van der Waals surface area contributed by atoms with Crippen LogP contribution in [0.2, 0.25) is 0 Å². The van der Waals surface area contributed by atoms with Crippen molar-refractivity contribution in [3.05, 3.63) is 64.1 Å². The Kier molecular flexibility index (Phi) is 4.20. The van der Waals surface area contributed by atoms with Gasteiger partial charge in [-0.3, -0.25) is 0 Å². The van der Waals surface area contributed by atoms with E-state index in [0.29, 0.717) is 10.2 Å². The van der Waals surface area contributed by atoms with E-state index in [9.17, 15) is 8.78 Å². The zero-order valence-corrected chi connectivity index (χ0v) is 12.0. The van der Waals surface area contributed by atoms with Crippen LogP contribution in [0, 0.1) is 6.92 Å². The van der Waals surface area contributed by atoms with Crippen molar-refractivity contribution < 1.29 is 13.5 Å². The molecule has 0 aliphatic carbocycles. The van der Waals surface area contributed by atoms with Gasteiger partial charge in [-0.05, 0) is 40.5 Å². The lowest BCUT2D eigenvalue weighted by atomic mass is 10.1. The summed E-state index contributed by atoms with van der Waals surface area (Å²) < 4.78 is 33.7. The second kappa shape index (κ2) is 5.70. The number of hydrogen-bond acceptors (Lipinski definition) is 1. The zero-order valence-electron chi connectivity index (χ0n) is 10.4. The van der Waals surface area contributed by atoms with E-state index in [-0.39, 0.29) is 5.56 Å². The summed E-state index contributed by atoms with van der Waals surface area (Å²) in [5.74, 6) is -2.59. The molecule has 0 saturated heterocycles. The Hall–Kier alpha value is -1.42. The van der Waals surface area contributed by atoms with Crippen LogP contribution in [0.4, 0.5) is 8.78 Å². The second-order valence-corrected chi connectivity index (χ2v) is 5.15. The van der Waals surface area contributed by atoms with Crippen molar-refractivity contribution in [2.24, 2.45) is 0 Å². The fourth-order valence-corrected chi connectivity index (χ4v) is 2.26. The maximum Gasteiger partial charge on any atom is 0.306 e. The van der Waals surface area contributed by atoms with Crippen LogP contribution in [0.3, 0.4) is 0 Å². The summed E-state index contributed by atoms with van der Waals surface area (Å²) in [6.07, 6.45) is 0. The highest BCUT2D eigenvalue weighted by atomic mass is 79.9. The van der Waals surface area contributed by atoms with Crippen molar-refractivity contribution in [3.63, 3.8) is 0 Å². The highest BCUT2D eigenvalue weighted by Gasteiger charge is 2.32. The van der Waals surface area contributed by atoms with Crippen molar-refractivity contribution in [2.75, 3.05) is 6.61 Å². The predicted molar refractivity (Wildman–Crippen MR) is 74.7 cm³/mol. The van der Waals surface area contributed by atoms with E-state index in [4.69, 9.17) is 4.74 Å². The molecule has 0 heterocycles. The van der Waals surface area contributed by atoms with Crippen LogP contribution < -0.4 is 4.74 Å². The average molecular weight is 327 g/mol. The third-order valence-electron chi connectivity index (χ3n) is 2.69. The minimum Gasteiger partial charge on any atom is -0.486 e. The fourth-order valence-electron chi connectivity index (χ4n) is 1.66. The summed E-state index contributed by atoms with van der Waals surface area (Å²) in [5.41, 5.74) is 0.993. The Morgan fingerprint density at radius 1 is 1.11 bits per heavy atom. The first-order valence-electron chi connectivity index (χ1n) is 5.81. The van der Waals surface area contributed by atoms with E-state index in [2.05, 4.69) is 15.9 Å². The Morgan fingerprint density at radius 3 is 2.42 bits per heavy atom. The number of aryl methyl sites for hydroxylation is 1. The molecule has 0 aliphatic rings. The van der Waals surface area contributed by atoms with E-state index in [0.717, 1.165) is 5.56 Å². The average Bonchev–Trinajstić information content (AvgIpc) is 2.39. The van der Waals surface area contributed by atoms with Crippen LogP contribution in [-0.2, 0) is 5.92 Å². The molecule has 0 amide bonds. The number of alkyl halides is 2. The van der Waals surface area contributed by atoms with Gasteiger partial charge in [0.2, 0.25) is 0 Å². The molecule has 2 rings (SSSR count). The van der Waals surface area contributed by atoms with E-state index in [1.54, 1.807) is 24.3 Å². The van der Waals surface area contributed by atoms with Crippen LogP contribution in [0.25, 0.3) is 0 Å². The summed E-state index contributed by atoms with van der Waals surface area (Å²) in [5, 5.41) is 0. The van der Waals surface area contributed by atoms with Gasteiger partial charge in [0.25, 0.3) is 0 Å². The van der Waals surface area contributed by atoms with Gasteiger partial charge in [-0.25, -0.2) is 0 Å². The van der Waals surface area contributed by atoms with Crippen LogP contribution in [-0.4, -0.2) is 6.61 Å². The van der Waals surface area contributed by atoms with Gasteiger partial charge in [0.05, 0.1) is 4.47 Å². The first-order valence-corrected chi connectivity index (χ1v) is 6.61. The predicted octanol–water partition coefficient (Wildman–Crippen LogP) is 4.93. The highest BCUT2D eigenvalue weighted by molar-refractivity contribution is 9.10. The van der Waals surface area contributed by atoms with Gasteiger partial charge in [0.15, 0.2) is 6.61 Å². The first kappa shape index (κ1) is 14.0. The van der Waals surface area contributed by atoms with Crippen LogP contribution in [0.1, 0.15) is 11.1 Å². The first-order chi connectivity index (χ1) is 8.99. The van der Waals surface area contributed by atoms with Crippen molar-refractivity contribution in [1.29, 1.82) is 0 Å². The molecule has 0 spiro atoms. The van der Waals surface area contributed by atoms with E-state index in [1.807, 2.05) is 19.1 Å². The van der Waals surface area contributed by atoms with Gasteiger partial charge >= 0.3 is 5.92 Å². The standard InChI is InChI=1S/C15H13BrF2O/c1-11-7-8-14(13(16)9-11)19-10-15(17,18)12-5-3-2-4-6-12/h2-9H,10H2,1H3. The van der Waals surface area contributed by atoms with E-state index >= 15 is 0 Å². The molecule has 2 aromatic rings. The maximum atomic E-state index is 13.9. The number of rotatable bonds is 4. The fraction of sp³-hybridized carbons (Fsp3) is 0.200. The van der Waals surface area contributed by atoms with Gasteiger partial charge in [0.1, 0.15) is 5.75 Å². The topological polar surface area (TPSA) is 9.23 Å². The Bertz CT molecular complexity index is 555. The van der Waals surface area contributed by atoms with Gasteiger partial charge < -0.3 is 4.74 Å². The number of benzene rings is 2. The molecule has 1 nitrogen and oxygen atoms in total. The Balaban J connectivity index is 2.09. The summed E-state index contributed by atoms with van der Waals surface area (Å²) in [4.78, 5) is 0. The molecule has 0 bridgehead atoms. The number of hydrogen-bond donors (Lipinski definition) is 0. The van der Waals surface area contributed by atoms with Crippen molar-refractivity contribution in [3.8, 4) is 5.75 Å². The molecule has 0 saturated carbocycles. The summed E-state index contributed by atoms with van der Waals surface area (Å²) in [6, 6.07) is 13.0. The monoisotopic (exact) mass is 326 g/mol. The molecule has 0 unspecified atom stereocenters. The normalized spacial score (nSPS) is 11.4. The lowest BCUT2D eigenvalue weighted by Crippen LogP contribution is -2.23. The molecule has 4 heteroatoms. The molecule has 0 fully saturated rings. The molecule has 0 radical (unpaired) electrons. The zero-order chi connectivity index (χ0) is 13.9. The lowest BCUT2D eigenvalue weighted by Gasteiger charge is -2.18. The minimum atomic E-state index is -3.01. The SMILES string of the molecule is Cc1ccc(OCC(F)(F)c2ccccc2)c(Br)c1. The summed E-state index contributed by atoms with van der Waals surface area (Å²) in [6.45, 7) is 1.24. The van der Waals surface area contributed by atoms with Gasteiger partial charge in [-0.2, -0.15) is 8.78 Å². The molecule has 19 heavy (non-hydrogen) atoms. The third-order valence-corrected chi connectivity index (χ3v) is 3.31. The lowest BCUT2D eigenvalue weighted by molar-refractivity contribution is -0.0469. The van der Waals surface area contributed by atoms with E-state index in [1.165, 1.54) is 12.1 Å². The van der Waals surface area contributed by atoms with Crippen molar-refractivity contribution >= 4 is 15.9 Å². The van der Waals surface area contributed by atoms with Crippen LogP contribution >= 0.6 is 15.9 Å². The largest absolute Gasteiger partial charge is 0.486 e. The van der Waals surface area contributed by atoms with Gasteiger partial charge in [-0.1, -0.05) is 36.4 Å². The minimum absolute atomic E-state index is 0.0433. The molecule has 100 valence electrons. The van der Waals surface area contributed by atoms with Crippen LogP contribution in [0.15, 0.2) is 53.0 Å². The highest BCUT2D eigenvalue weighted by Crippen LogP contribution is 2.31. The summed E-state index contributed by atoms with van der Waals surface area (Å²) in [7, 11) is 0. The quantitative estimate of drug-likeness (QED) is 0.774. The molecular formula is C15H13BrF2O. The van der Waals surface area contributed by atoms with Gasteiger partial charge in [0, 0.05) is 5.56 Å². The number of halogens is 3. The molecular weight excluding hydrogens is 314 g/mol. The smallest absolute Gasteiger partial charge is 0.306 e. The van der Waals surface area contributed by atoms with Gasteiger partial charge in [-0.15, -0.1) is 0 Å². The van der Waals surface area contributed by atoms with Crippen LogP contribution in [0.5, 0.6) is 5.75 Å².